The van der Waals surface area contributed by atoms with Gasteiger partial charge in [0, 0.05) is 24.9 Å². The van der Waals surface area contributed by atoms with Crippen LogP contribution in [-0.4, -0.2) is 29.3 Å². The maximum Gasteiger partial charge on any atom is 0.222 e. The van der Waals surface area contributed by atoms with Crippen molar-refractivity contribution < 1.29 is 4.79 Å². The zero-order valence-electron chi connectivity index (χ0n) is 11.3. The fourth-order valence-corrected chi connectivity index (χ4v) is 2.77. The number of unbranched alkanes of at least 4 members (excludes halogenated alkanes) is 1. The van der Waals surface area contributed by atoms with Gasteiger partial charge in [-0.05, 0) is 31.6 Å². The molecule has 0 spiro atoms. The summed E-state index contributed by atoms with van der Waals surface area (Å²) in [7, 11) is 0. The predicted molar refractivity (Wildman–Crippen MR) is 73.4 cm³/mol. The highest BCUT2D eigenvalue weighted by Gasteiger charge is 2.26. The number of rotatable bonds is 7. The summed E-state index contributed by atoms with van der Waals surface area (Å²) in [6.07, 6.45) is 7.54. The Kier molecular flexibility index (Phi) is 6.94. The van der Waals surface area contributed by atoms with Crippen LogP contribution in [0.15, 0.2) is 0 Å². The second-order valence-corrected chi connectivity index (χ2v) is 5.90. The molecule has 1 amide bonds. The zero-order valence-corrected chi connectivity index (χ0v) is 12.0. The van der Waals surface area contributed by atoms with Crippen molar-refractivity contribution in [3.05, 3.63) is 0 Å². The third-order valence-electron chi connectivity index (χ3n) is 3.42. The maximum absolute atomic E-state index is 12.2. The standard InChI is InChI=1S/C14H26ClNO/c1-12(2)11-16(13-7-3-4-8-13)14(17)9-5-6-10-15/h12-13H,3-11H2,1-2H3. The summed E-state index contributed by atoms with van der Waals surface area (Å²) >= 11 is 5.65. The Hall–Kier alpha value is -0.240. The molecule has 0 aromatic rings. The van der Waals surface area contributed by atoms with Crippen LogP contribution in [0.4, 0.5) is 0 Å². The molecule has 17 heavy (non-hydrogen) atoms. The molecular formula is C14H26ClNO. The summed E-state index contributed by atoms with van der Waals surface area (Å²) in [6.45, 7) is 5.30. The lowest BCUT2D eigenvalue weighted by Crippen LogP contribution is -2.41. The first-order valence-corrected chi connectivity index (χ1v) is 7.54. The van der Waals surface area contributed by atoms with Gasteiger partial charge in [0.25, 0.3) is 0 Å². The molecule has 0 unspecified atom stereocenters. The third-order valence-corrected chi connectivity index (χ3v) is 3.69. The van der Waals surface area contributed by atoms with Gasteiger partial charge in [-0.15, -0.1) is 11.6 Å². The molecule has 0 N–H and O–H groups in total. The van der Waals surface area contributed by atoms with E-state index in [1.54, 1.807) is 0 Å². The molecule has 0 aromatic carbocycles. The Balaban J connectivity index is 2.45. The number of hydrogen-bond acceptors (Lipinski definition) is 1. The van der Waals surface area contributed by atoms with E-state index < -0.39 is 0 Å². The molecule has 0 bridgehead atoms. The van der Waals surface area contributed by atoms with Crippen LogP contribution in [0.2, 0.25) is 0 Å². The first-order valence-electron chi connectivity index (χ1n) is 7.00. The summed E-state index contributed by atoms with van der Waals surface area (Å²) in [6, 6.07) is 0.515. The highest BCUT2D eigenvalue weighted by atomic mass is 35.5. The number of halogens is 1. The first-order chi connectivity index (χ1) is 8.15. The van der Waals surface area contributed by atoms with Crippen molar-refractivity contribution >= 4 is 17.5 Å². The number of carbonyl (C=O) groups is 1. The van der Waals surface area contributed by atoms with E-state index >= 15 is 0 Å². The van der Waals surface area contributed by atoms with E-state index in [0.29, 0.717) is 30.2 Å². The maximum atomic E-state index is 12.2. The van der Waals surface area contributed by atoms with Crippen LogP contribution in [-0.2, 0) is 4.79 Å². The van der Waals surface area contributed by atoms with E-state index in [2.05, 4.69) is 18.7 Å². The number of hydrogen-bond donors (Lipinski definition) is 0. The molecule has 100 valence electrons. The molecule has 3 heteroatoms. The number of nitrogens with zero attached hydrogens (tertiary/aromatic N) is 1. The molecule has 0 aromatic heterocycles. The Morgan fingerprint density at radius 2 is 1.94 bits per heavy atom. The summed E-state index contributed by atoms with van der Waals surface area (Å²) < 4.78 is 0. The van der Waals surface area contributed by atoms with Gasteiger partial charge in [0.2, 0.25) is 5.91 Å². The van der Waals surface area contributed by atoms with E-state index in [-0.39, 0.29) is 0 Å². The van der Waals surface area contributed by atoms with Crippen LogP contribution in [0, 0.1) is 5.92 Å². The monoisotopic (exact) mass is 259 g/mol. The zero-order chi connectivity index (χ0) is 12.7. The van der Waals surface area contributed by atoms with Crippen molar-refractivity contribution in [1.29, 1.82) is 0 Å². The van der Waals surface area contributed by atoms with Crippen LogP contribution >= 0.6 is 11.6 Å². The molecule has 1 aliphatic carbocycles. The fourth-order valence-electron chi connectivity index (χ4n) is 2.58. The van der Waals surface area contributed by atoms with Gasteiger partial charge in [0.05, 0.1) is 0 Å². The summed E-state index contributed by atoms with van der Waals surface area (Å²) in [5.74, 6) is 1.57. The summed E-state index contributed by atoms with van der Waals surface area (Å²) in [4.78, 5) is 14.4. The molecule has 2 nitrogen and oxygen atoms in total. The highest BCUT2D eigenvalue weighted by Crippen LogP contribution is 2.25. The molecule has 0 aliphatic heterocycles. The van der Waals surface area contributed by atoms with Gasteiger partial charge in [0.15, 0.2) is 0 Å². The van der Waals surface area contributed by atoms with Crippen molar-refractivity contribution in [2.45, 2.75) is 64.8 Å². The van der Waals surface area contributed by atoms with Crippen LogP contribution < -0.4 is 0 Å². The van der Waals surface area contributed by atoms with E-state index in [0.717, 1.165) is 19.4 Å². The molecular weight excluding hydrogens is 234 g/mol. The van der Waals surface area contributed by atoms with Crippen molar-refractivity contribution in [3.8, 4) is 0 Å². The average molecular weight is 260 g/mol. The minimum Gasteiger partial charge on any atom is -0.339 e. The lowest BCUT2D eigenvalue weighted by Gasteiger charge is -2.30. The molecule has 0 atom stereocenters. The van der Waals surface area contributed by atoms with Gasteiger partial charge >= 0.3 is 0 Å². The van der Waals surface area contributed by atoms with Crippen molar-refractivity contribution in [2.24, 2.45) is 5.92 Å². The topological polar surface area (TPSA) is 20.3 Å². The molecule has 1 aliphatic rings. The lowest BCUT2D eigenvalue weighted by molar-refractivity contribution is -0.134. The summed E-state index contributed by atoms with van der Waals surface area (Å²) in [5.41, 5.74) is 0. The molecule has 0 heterocycles. The lowest BCUT2D eigenvalue weighted by atomic mass is 10.1. The molecule has 0 radical (unpaired) electrons. The first kappa shape index (κ1) is 14.8. The van der Waals surface area contributed by atoms with E-state index in [1.165, 1.54) is 25.7 Å². The quantitative estimate of drug-likeness (QED) is 0.503. The molecule has 0 saturated heterocycles. The van der Waals surface area contributed by atoms with Crippen molar-refractivity contribution in [2.75, 3.05) is 12.4 Å². The van der Waals surface area contributed by atoms with Gasteiger partial charge in [-0.3, -0.25) is 4.79 Å². The van der Waals surface area contributed by atoms with Gasteiger partial charge in [-0.1, -0.05) is 26.7 Å². The van der Waals surface area contributed by atoms with E-state index in [9.17, 15) is 4.79 Å². The average Bonchev–Trinajstić information content (AvgIpc) is 2.79. The Morgan fingerprint density at radius 1 is 1.29 bits per heavy atom. The normalized spacial score (nSPS) is 16.7. The van der Waals surface area contributed by atoms with Gasteiger partial charge < -0.3 is 4.90 Å². The van der Waals surface area contributed by atoms with Crippen LogP contribution in [0.25, 0.3) is 0 Å². The smallest absolute Gasteiger partial charge is 0.222 e. The Bertz CT molecular complexity index is 224. The Labute approximate surface area is 111 Å². The number of alkyl halides is 1. The van der Waals surface area contributed by atoms with Gasteiger partial charge in [-0.2, -0.15) is 0 Å². The largest absolute Gasteiger partial charge is 0.339 e. The van der Waals surface area contributed by atoms with Crippen LogP contribution in [0.1, 0.15) is 58.8 Å². The number of amides is 1. The molecule has 1 rings (SSSR count). The second-order valence-electron chi connectivity index (χ2n) is 5.52. The van der Waals surface area contributed by atoms with Gasteiger partial charge in [0.1, 0.15) is 0 Å². The van der Waals surface area contributed by atoms with E-state index in [1.807, 2.05) is 0 Å². The third kappa shape index (κ3) is 5.29. The van der Waals surface area contributed by atoms with Crippen molar-refractivity contribution in [3.63, 3.8) is 0 Å². The van der Waals surface area contributed by atoms with Crippen LogP contribution in [0.5, 0.6) is 0 Å². The minimum atomic E-state index is 0.343. The molecule has 1 fully saturated rings. The minimum absolute atomic E-state index is 0.343. The van der Waals surface area contributed by atoms with E-state index in [4.69, 9.17) is 11.6 Å². The SMILES string of the molecule is CC(C)CN(C(=O)CCCCCl)C1CCCC1. The van der Waals surface area contributed by atoms with Crippen molar-refractivity contribution in [1.82, 2.24) is 4.90 Å². The fraction of sp³-hybridized carbons (Fsp3) is 0.929. The van der Waals surface area contributed by atoms with Gasteiger partial charge in [-0.25, -0.2) is 0 Å². The second kappa shape index (κ2) is 7.97. The summed E-state index contributed by atoms with van der Waals surface area (Å²) in [5, 5.41) is 0. The Morgan fingerprint density at radius 3 is 2.47 bits per heavy atom. The number of carbonyl (C=O) groups excluding carboxylic acids is 1. The molecule has 1 saturated carbocycles. The predicted octanol–water partition coefficient (Wildman–Crippen LogP) is 3.82. The highest BCUT2D eigenvalue weighted by molar-refractivity contribution is 6.17. The van der Waals surface area contributed by atoms with Crippen LogP contribution in [0.3, 0.4) is 0 Å².